The minimum Gasteiger partial charge on any atom is -0.493 e. The largest absolute Gasteiger partial charge is 0.493 e. The van der Waals surface area contributed by atoms with Crippen molar-refractivity contribution >= 4 is 29.1 Å². The van der Waals surface area contributed by atoms with Crippen LogP contribution in [-0.4, -0.2) is 36.4 Å². The number of amides is 2. The standard InChI is InChI=1S/C24H27ClN2O3/c1-2-26(20-7-8-22-19(15-20)11-13-30-22)16-17-5-6-18(21(25)14-17)4-3-12-27-23(28)9-10-24(27)29/h5-8,14-15H,2-4,9-13,16H2,1H3. The Hall–Kier alpha value is -2.53. The summed E-state index contributed by atoms with van der Waals surface area (Å²) < 4.78 is 5.61. The lowest BCUT2D eigenvalue weighted by Gasteiger charge is -2.24. The van der Waals surface area contributed by atoms with Crippen LogP contribution in [0.1, 0.15) is 42.9 Å². The summed E-state index contributed by atoms with van der Waals surface area (Å²) in [5, 5.41) is 0.741. The molecule has 2 aliphatic rings. The van der Waals surface area contributed by atoms with E-state index in [9.17, 15) is 9.59 Å². The van der Waals surface area contributed by atoms with E-state index < -0.39 is 0 Å². The Morgan fingerprint density at radius 2 is 1.87 bits per heavy atom. The van der Waals surface area contributed by atoms with Gasteiger partial charge in [-0.25, -0.2) is 0 Å². The summed E-state index contributed by atoms with van der Waals surface area (Å²) in [7, 11) is 0. The SMILES string of the molecule is CCN(Cc1ccc(CCCN2C(=O)CCC2=O)c(Cl)c1)c1ccc2c(c1)CCO2. The summed E-state index contributed by atoms with van der Waals surface area (Å²) >= 11 is 6.55. The van der Waals surface area contributed by atoms with Crippen molar-refractivity contribution < 1.29 is 14.3 Å². The monoisotopic (exact) mass is 426 g/mol. The third-order valence-electron chi connectivity index (χ3n) is 5.89. The highest BCUT2D eigenvalue weighted by Crippen LogP contribution is 2.30. The van der Waals surface area contributed by atoms with Crippen LogP contribution in [0.25, 0.3) is 0 Å². The van der Waals surface area contributed by atoms with E-state index in [4.69, 9.17) is 16.3 Å². The molecule has 0 saturated carbocycles. The Kier molecular flexibility index (Phi) is 6.28. The van der Waals surface area contributed by atoms with E-state index in [0.717, 1.165) is 60.9 Å². The molecule has 2 heterocycles. The lowest BCUT2D eigenvalue weighted by molar-refractivity contribution is -0.138. The highest BCUT2D eigenvalue weighted by atomic mass is 35.5. The van der Waals surface area contributed by atoms with E-state index in [0.29, 0.717) is 19.4 Å². The Bertz CT molecular complexity index is 943. The van der Waals surface area contributed by atoms with Gasteiger partial charge in [0.05, 0.1) is 6.61 Å². The second-order valence-electron chi connectivity index (χ2n) is 7.87. The van der Waals surface area contributed by atoms with Crippen molar-refractivity contribution in [3.8, 4) is 5.75 Å². The van der Waals surface area contributed by atoms with Crippen LogP contribution in [0.5, 0.6) is 5.75 Å². The first-order valence-corrected chi connectivity index (χ1v) is 11.0. The topological polar surface area (TPSA) is 49.9 Å². The lowest BCUT2D eigenvalue weighted by atomic mass is 10.1. The third kappa shape index (κ3) is 4.46. The fraction of sp³-hybridized carbons (Fsp3) is 0.417. The van der Waals surface area contributed by atoms with Gasteiger partial charge >= 0.3 is 0 Å². The minimum absolute atomic E-state index is 0.0563. The number of rotatable bonds is 8. The molecule has 4 rings (SSSR count). The number of likely N-dealkylation sites (tertiary alicyclic amines) is 1. The number of fused-ring (bicyclic) bond motifs is 1. The van der Waals surface area contributed by atoms with Crippen LogP contribution in [0.3, 0.4) is 0 Å². The molecule has 0 unspecified atom stereocenters. The zero-order valence-corrected chi connectivity index (χ0v) is 18.1. The zero-order chi connectivity index (χ0) is 21.1. The summed E-state index contributed by atoms with van der Waals surface area (Å²) in [4.78, 5) is 27.1. The zero-order valence-electron chi connectivity index (χ0n) is 17.3. The van der Waals surface area contributed by atoms with Gasteiger partial charge in [-0.3, -0.25) is 14.5 Å². The molecule has 0 bridgehead atoms. The number of nitrogens with zero attached hydrogens (tertiary/aromatic N) is 2. The van der Waals surface area contributed by atoms with E-state index in [1.807, 2.05) is 6.07 Å². The van der Waals surface area contributed by atoms with Crippen molar-refractivity contribution in [1.29, 1.82) is 0 Å². The molecule has 30 heavy (non-hydrogen) atoms. The molecule has 0 N–H and O–H groups in total. The normalized spacial score (nSPS) is 15.5. The van der Waals surface area contributed by atoms with Gasteiger partial charge in [-0.1, -0.05) is 23.7 Å². The van der Waals surface area contributed by atoms with Crippen LogP contribution < -0.4 is 9.64 Å². The summed E-state index contributed by atoms with van der Waals surface area (Å²) in [5.74, 6) is 0.887. The van der Waals surface area contributed by atoms with Gasteiger partial charge in [-0.2, -0.15) is 0 Å². The van der Waals surface area contributed by atoms with Gasteiger partial charge in [0.25, 0.3) is 0 Å². The van der Waals surface area contributed by atoms with Gasteiger partial charge in [0.1, 0.15) is 5.75 Å². The number of ether oxygens (including phenoxy) is 1. The number of benzene rings is 2. The molecule has 0 aromatic heterocycles. The van der Waals surface area contributed by atoms with Crippen LogP contribution in [0, 0.1) is 0 Å². The molecule has 2 aliphatic heterocycles. The first kappa shape index (κ1) is 20.7. The Morgan fingerprint density at radius 3 is 2.60 bits per heavy atom. The third-order valence-corrected chi connectivity index (χ3v) is 6.25. The first-order chi connectivity index (χ1) is 14.5. The van der Waals surface area contributed by atoms with Crippen LogP contribution in [0.15, 0.2) is 36.4 Å². The molecule has 5 nitrogen and oxygen atoms in total. The maximum atomic E-state index is 11.7. The number of halogens is 1. The van der Waals surface area contributed by atoms with Gasteiger partial charge in [0.2, 0.25) is 11.8 Å². The number of hydrogen-bond acceptors (Lipinski definition) is 4. The second kappa shape index (κ2) is 9.09. The smallest absolute Gasteiger partial charge is 0.229 e. The molecule has 2 aromatic rings. The molecule has 1 saturated heterocycles. The van der Waals surface area contributed by atoms with Crippen molar-refractivity contribution in [2.45, 2.75) is 45.6 Å². The number of imide groups is 1. The molecular formula is C24H27ClN2O3. The minimum atomic E-state index is -0.0563. The maximum absolute atomic E-state index is 11.7. The summed E-state index contributed by atoms with van der Waals surface area (Å²) in [6.07, 6.45) is 3.14. The summed E-state index contributed by atoms with van der Waals surface area (Å²) in [6, 6.07) is 12.6. The van der Waals surface area contributed by atoms with Crippen molar-refractivity contribution in [3.63, 3.8) is 0 Å². The van der Waals surface area contributed by atoms with E-state index in [2.05, 4.69) is 42.2 Å². The van der Waals surface area contributed by atoms with E-state index in [1.165, 1.54) is 16.2 Å². The van der Waals surface area contributed by atoms with Gasteiger partial charge in [-0.15, -0.1) is 0 Å². The van der Waals surface area contributed by atoms with Crippen LogP contribution in [0.4, 0.5) is 5.69 Å². The highest BCUT2D eigenvalue weighted by molar-refractivity contribution is 6.31. The Morgan fingerprint density at radius 1 is 1.07 bits per heavy atom. The maximum Gasteiger partial charge on any atom is 0.229 e. The van der Waals surface area contributed by atoms with Crippen molar-refractivity contribution in [3.05, 3.63) is 58.1 Å². The first-order valence-electron chi connectivity index (χ1n) is 10.7. The van der Waals surface area contributed by atoms with Crippen molar-refractivity contribution in [2.75, 3.05) is 24.6 Å². The fourth-order valence-electron chi connectivity index (χ4n) is 4.17. The second-order valence-corrected chi connectivity index (χ2v) is 8.28. The number of carbonyl (C=O) groups excluding carboxylic acids is 2. The van der Waals surface area contributed by atoms with Crippen LogP contribution >= 0.6 is 11.6 Å². The van der Waals surface area contributed by atoms with Gasteiger partial charge in [0.15, 0.2) is 0 Å². The molecule has 0 radical (unpaired) electrons. The average Bonchev–Trinajstić information content (AvgIpc) is 3.34. The fourth-order valence-corrected chi connectivity index (χ4v) is 4.47. The number of carbonyl (C=O) groups is 2. The quantitative estimate of drug-likeness (QED) is 0.587. The predicted octanol–water partition coefficient (Wildman–Crippen LogP) is 4.38. The molecule has 2 amide bonds. The van der Waals surface area contributed by atoms with E-state index in [-0.39, 0.29) is 11.8 Å². The van der Waals surface area contributed by atoms with Gasteiger partial charge in [-0.05, 0) is 60.7 Å². The molecule has 2 aromatic carbocycles. The molecule has 0 atom stereocenters. The van der Waals surface area contributed by atoms with Crippen LogP contribution in [0.2, 0.25) is 5.02 Å². The van der Waals surface area contributed by atoms with Gasteiger partial charge < -0.3 is 9.64 Å². The van der Waals surface area contributed by atoms with Crippen molar-refractivity contribution in [2.24, 2.45) is 0 Å². The van der Waals surface area contributed by atoms with E-state index >= 15 is 0 Å². The Balaban J connectivity index is 1.37. The van der Waals surface area contributed by atoms with Crippen molar-refractivity contribution in [1.82, 2.24) is 4.90 Å². The molecular weight excluding hydrogens is 400 g/mol. The van der Waals surface area contributed by atoms with Crippen LogP contribution in [-0.2, 0) is 29.0 Å². The molecule has 1 fully saturated rings. The molecule has 158 valence electrons. The summed E-state index contributed by atoms with van der Waals surface area (Å²) in [6.45, 7) is 5.08. The Labute approximate surface area is 182 Å². The average molecular weight is 427 g/mol. The number of anilines is 1. The highest BCUT2D eigenvalue weighted by Gasteiger charge is 2.28. The van der Waals surface area contributed by atoms with E-state index in [1.54, 1.807) is 0 Å². The molecule has 0 aliphatic carbocycles. The number of aryl methyl sites for hydroxylation is 1. The lowest BCUT2D eigenvalue weighted by Crippen LogP contribution is -2.30. The summed E-state index contributed by atoms with van der Waals surface area (Å²) in [5.41, 5.74) is 4.68. The van der Waals surface area contributed by atoms with Gasteiger partial charge in [0, 0.05) is 49.6 Å². The number of hydrogen-bond donors (Lipinski definition) is 0. The predicted molar refractivity (Wildman–Crippen MR) is 118 cm³/mol. The molecule has 6 heteroatoms. The molecule has 0 spiro atoms.